The van der Waals surface area contributed by atoms with Crippen molar-refractivity contribution in [1.29, 1.82) is 0 Å². The number of amides is 1. The Bertz CT molecular complexity index is 896. The van der Waals surface area contributed by atoms with Crippen molar-refractivity contribution in [3.8, 4) is 11.1 Å². The molecule has 1 amide bonds. The van der Waals surface area contributed by atoms with Crippen LogP contribution in [0.25, 0.3) is 11.1 Å². The maximum absolute atomic E-state index is 12.4. The Morgan fingerprint density at radius 2 is 1.80 bits per heavy atom. The normalized spacial score (nSPS) is 11.4. The minimum Gasteiger partial charge on any atom is -0.311 e. The van der Waals surface area contributed by atoms with E-state index < -0.39 is 10.2 Å². The molecule has 0 aliphatic rings. The number of rotatable bonds is 5. The summed E-state index contributed by atoms with van der Waals surface area (Å²) in [6.45, 7) is 3.15. The highest BCUT2D eigenvalue weighted by Crippen LogP contribution is 2.28. The molecule has 2 rings (SSSR count). The molecule has 0 aromatic carbocycles. The molecule has 25 heavy (non-hydrogen) atoms. The van der Waals surface area contributed by atoms with Gasteiger partial charge in [0.2, 0.25) is 5.91 Å². The van der Waals surface area contributed by atoms with Gasteiger partial charge in [-0.1, -0.05) is 0 Å². The van der Waals surface area contributed by atoms with Crippen molar-refractivity contribution in [2.75, 3.05) is 30.8 Å². The lowest BCUT2D eigenvalue weighted by Gasteiger charge is -2.24. The number of hydrogen-bond acceptors (Lipinski definition) is 5. The fraction of sp³-hybridized carbons (Fsp3) is 0.312. The number of hydrogen-bond donors (Lipinski definition) is 1. The lowest BCUT2D eigenvalue weighted by molar-refractivity contribution is -0.114. The van der Waals surface area contributed by atoms with Crippen LogP contribution in [-0.2, 0) is 15.0 Å². The van der Waals surface area contributed by atoms with E-state index in [0.29, 0.717) is 17.2 Å². The number of nitrogens with zero attached hydrogens (tertiary/aromatic N) is 4. The van der Waals surface area contributed by atoms with Crippen LogP contribution in [0.5, 0.6) is 0 Å². The molecule has 0 radical (unpaired) electrons. The van der Waals surface area contributed by atoms with Crippen molar-refractivity contribution >= 4 is 27.6 Å². The first-order valence-corrected chi connectivity index (χ1v) is 8.89. The molecule has 0 aliphatic heterocycles. The highest BCUT2D eigenvalue weighted by molar-refractivity contribution is 7.90. The predicted octanol–water partition coefficient (Wildman–Crippen LogP) is 1.65. The van der Waals surface area contributed by atoms with Gasteiger partial charge >= 0.3 is 10.2 Å². The van der Waals surface area contributed by atoms with Crippen molar-refractivity contribution in [3.63, 3.8) is 0 Å². The van der Waals surface area contributed by atoms with E-state index in [1.165, 1.54) is 32.4 Å². The van der Waals surface area contributed by atoms with Gasteiger partial charge in [-0.05, 0) is 30.7 Å². The van der Waals surface area contributed by atoms with Crippen molar-refractivity contribution in [3.05, 3.63) is 36.3 Å². The van der Waals surface area contributed by atoms with Gasteiger partial charge in [-0.15, -0.1) is 0 Å². The van der Waals surface area contributed by atoms with Crippen molar-refractivity contribution in [2.45, 2.75) is 13.8 Å². The van der Waals surface area contributed by atoms with Crippen LogP contribution in [0.4, 0.5) is 11.5 Å². The molecule has 0 atom stereocenters. The quantitative estimate of drug-likeness (QED) is 0.871. The number of pyridine rings is 2. The molecule has 0 saturated heterocycles. The zero-order chi connectivity index (χ0) is 18.8. The summed E-state index contributed by atoms with van der Waals surface area (Å²) in [4.78, 5) is 19.6. The lowest BCUT2D eigenvalue weighted by Crippen LogP contribution is -2.37. The van der Waals surface area contributed by atoms with Crippen LogP contribution >= 0.6 is 0 Å². The predicted molar refractivity (Wildman–Crippen MR) is 97.5 cm³/mol. The van der Waals surface area contributed by atoms with Gasteiger partial charge in [0.1, 0.15) is 5.82 Å². The van der Waals surface area contributed by atoms with Gasteiger partial charge in [0.05, 0.1) is 11.4 Å². The third-order valence-electron chi connectivity index (χ3n) is 3.60. The van der Waals surface area contributed by atoms with E-state index in [-0.39, 0.29) is 5.91 Å². The first-order chi connectivity index (χ1) is 11.6. The Balaban J connectivity index is 2.48. The summed E-state index contributed by atoms with van der Waals surface area (Å²) in [6.07, 6.45) is 3.22. The van der Waals surface area contributed by atoms with Crippen molar-refractivity contribution in [2.24, 2.45) is 0 Å². The molecule has 2 aromatic rings. The second kappa shape index (κ2) is 7.16. The van der Waals surface area contributed by atoms with Gasteiger partial charge < -0.3 is 5.32 Å². The maximum atomic E-state index is 12.4. The third-order valence-corrected chi connectivity index (χ3v) is 5.42. The summed E-state index contributed by atoms with van der Waals surface area (Å²) in [5.41, 5.74) is 2.55. The summed E-state index contributed by atoms with van der Waals surface area (Å²) in [5.74, 6) is 0.200. The van der Waals surface area contributed by atoms with E-state index in [4.69, 9.17) is 0 Å². The van der Waals surface area contributed by atoms with Crippen molar-refractivity contribution in [1.82, 2.24) is 14.3 Å². The molecule has 0 aliphatic carbocycles. The van der Waals surface area contributed by atoms with E-state index in [0.717, 1.165) is 15.4 Å². The minimum atomic E-state index is -3.62. The summed E-state index contributed by atoms with van der Waals surface area (Å²) in [7, 11) is 0.813. The van der Waals surface area contributed by atoms with Gasteiger partial charge in [-0.2, -0.15) is 12.7 Å². The number of aryl methyl sites for hydroxylation is 1. The SMILES string of the molecule is CC(=O)Nc1cc(-c2cnc(C)c(N(C)S(=O)(=O)N(C)C)c2)ccn1. The first-order valence-electron chi connectivity index (χ1n) is 7.50. The Kier molecular flexibility index (Phi) is 5.39. The van der Waals surface area contributed by atoms with Crippen LogP contribution in [-0.4, -0.2) is 49.7 Å². The summed E-state index contributed by atoms with van der Waals surface area (Å²) < 4.78 is 27.1. The topological polar surface area (TPSA) is 95.5 Å². The zero-order valence-corrected chi connectivity index (χ0v) is 15.6. The zero-order valence-electron chi connectivity index (χ0n) is 14.8. The molecule has 8 nitrogen and oxygen atoms in total. The summed E-state index contributed by atoms with van der Waals surface area (Å²) in [5, 5.41) is 2.62. The van der Waals surface area contributed by atoms with Crippen LogP contribution in [0, 0.1) is 6.92 Å². The molecule has 0 unspecified atom stereocenters. The molecular formula is C16H21N5O3S. The molecule has 2 heterocycles. The van der Waals surface area contributed by atoms with E-state index in [9.17, 15) is 13.2 Å². The smallest absolute Gasteiger partial charge is 0.303 e. The average molecular weight is 363 g/mol. The molecule has 0 spiro atoms. The Morgan fingerprint density at radius 3 is 2.40 bits per heavy atom. The Morgan fingerprint density at radius 1 is 1.12 bits per heavy atom. The van der Waals surface area contributed by atoms with Gasteiger partial charge in [0.15, 0.2) is 0 Å². The monoisotopic (exact) mass is 363 g/mol. The van der Waals surface area contributed by atoms with E-state index in [2.05, 4.69) is 15.3 Å². The van der Waals surface area contributed by atoms with E-state index >= 15 is 0 Å². The highest BCUT2D eigenvalue weighted by Gasteiger charge is 2.23. The molecule has 9 heteroatoms. The molecule has 0 bridgehead atoms. The number of carbonyl (C=O) groups is 1. The summed E-state index contributed by atoms with van der Waals surface area (Å²) in [6, 6.07) is 5.22. The fourth-order valence-corrected chi connectivity index (χ4v) is 3.15. The van der Waals surface area contributed by atoms with Crippen LogP contribution in [0.1, 0.15) is 12.6 Å². The number of aromatic nitrogens is 2. The van der Waals surface area contributed by atoms with E-state index in [1.807, 2.05) is 0 Å². The van der Waals surface area contributed by atoms with Gasteiger partial charge in [0, 0.05) is 46.0 Å². The highest BCUT2D eigenvalue weighted by atomic mass is 32.2. The number of anilines is 2. The molecule has 2 aromatic heterocycles. The average Bonchev–Trinajstić information content (AvgIpc) is 2.54. The largest absolute Gasteiger partial charge is 0.311 e. The molecular weight excluding hydrogens is 342 g/mol. The molecule has 0 fully saturated rings. The van der Waals surface area contributed by atoms with Crippen LogP contribution in [0.2, 0.25) is 0 Å². The van der Waals surface area contributed by atoms with Crippen LogP contribution < -0.4 is 9.62 Å². The minimum absolute atomic E-state index is 0.218. The van der Waals surface area contributed by atoms with Gasteiger partial charge in [0.25, 0.3) is 0 Å². The van der Waals surface area contributed by atoms with Gasteiger partial charge in [-0.25, -0.2) is 4.98 Å². The molecule has 134 valence electrons. The van der Waals surface area contributed by atoms with E-state index in [1.54, 1.807) is 37.5 Å². The second-order valence-corrected chi connectivity index (χ2v) is 7.87. The lowest BCUT2D eigenvalue weighted by atomic mass is 10.1. The molecule has 1 N–H and O–H groups in total. The van der Waals surface area contributed by atoms with Gasteiger partial charge in [-0.3, -0.25) is 14.1 Å². The second-order valence-electron chi connectivity index (χ2n) is 5.70. The summed E-state index contributed by atoms with van der Waals surface area (Å²) >= 11 is 0. The fourth-order valence-electron chi connectivity index (χ4n) is 2.23. The number of carbonyl (C=O) groups excluding carboxylic acids is 1. The van der Waals surface area contributed by atoms with Crippen LogP contribution in [0.15, 0.2) is 30.6 Å². The maximum Gasteiger partial charge on any atom is 0.303 e. The Labute approximate surface area is 147 Å². The third kappa shape index (κ3) is 4.12. The molecule has 0 saturated carbocycles. The van der Waals surface area contributed by atoms with Crippen LogP contribution in [0.3, 0.4) is 0 Å². The van der Waals surface area contributed by atoms with Crippen molar-refractivity contribution < 1.29 is 13.2 Å². The number of nitrogens with one attached hydrogen (secondary N) is 1. The standard InChI is InChI=1S/C16H21N5O3S/c1-11-15(21(5)25(23,24)20(3)4)8-14(10-18-11)13-6-7-17-16(9-13)19-12(2)22/h6-10H,1-5H3,(H,17,19,22). The first kappa shape index (κ1) is 18.8. The Hall–Kier alpha value is -2.52.